The Kier molecular flexibility index (Phi) is 5.46. The van der Waals surface area contributed by atoms with Crippen LogP contribution in [0.25, 0.3) is 11.3 Å². The Morgan fingerprint density at radius 3 is 2.52 bits per heavy atom. The second-order valence-corrected chi connectivity index (χ2v) is 6.89. The molecule has 1 aliphatic heterocycles. The van der Waals surface area contributed by atoms with E-state index in [1.54, 1.807) is 6.20 Å². The Bertz CT molecular complexity index is 693. The van der Waals surface area contributed by atoms with Gasteiger partial charge in [0.25, 0.3) is 5.91 Å². The minimum absolute atomic E-state index is 0.0894. The molecule has 1 fully saturated rings. The molecule has 1 aliphatic rings. The zero-order valence-electron chi connectivity index (χ0n) is 14.9. The first-order chi connectivity index (χ1) is 12.1. The number of amides is 1. The van der Waals surface area contributed by atoms with E-state index < -0.39 is 0 Å². The maximum atomic E-state index is 12.4. The van der Waals surface area contributed by atoms with Crippen molar-refractivity contribution < 1.29 is 9.53 Å². The van der Waals surface area contributed by atoms with E-state index in [9.17, 15) is 4.79 Å². The molecule has 132 valence electrons. The normalized spacial score (nSPS) is 15.8. The monoisotopic (exact) mass is 339 g/mol. The van der Waals surface area contributed by atoms with Crippen LogP contribution >= 0.6 is 0 Å². The van der Waals surface area contributed by atoms with Crippen LogP contribution in [0.3, 0.4) is 0 Å². The summed E-state index contributed by atoms with van der Waals surface area (Å²) >= 11 is 0. The largest absolute Gasteiger partial charge is 0.379 e. The first-order valence-corrected chi connectivity index (χ1v) is 8.69. The van der Waals surface area contributed by atoms with Crippen molar-refractivity contribution in [3.63, 3.8) is 0 Å². The predicted octanol–water partition coefficient (Wildman–Crippen LogP) is 2.59. The van der Waals surface area contributed by atoms with E-state index in [1.807, 2.05) is 42.5 Å². The molecule has 1 N–H and O–H groups in total. The van der Waals surface area contributed by atoms with E-state index >= 15 is 0 Å². The standard InChI is InChI=1S/C20H25N3O2/c1-20(2,23-10-12-25-13-11-23)15-22-19(24)17-8-9-18(21-14-17)16-6-4-3-5-7-16/h3-9,14H,10-13,15H2,1-2H3,(H,22,24). The predicted molar refractivity (Wildman–Crippen MR) is 98.5 cm³/mol. The smallest absolute Gasteiger partial charge is 0.252 e. The third-order valence-electron chi connectivity index (χ3n) is 4.64. The van der Waals surface area contributed by atoms with Crippen LogP contribution in [-0.2, 0) is 4.74 Å². The lowest BCUT2D eigenvalue weighted by Crippen LogP contribution is -2.55. The number of morpholine rings is 1. The van der Waals surface area contributed by atoms with Crippen LogP contribution < -0.4 is 5.32 Å². The van der Waals surface area contributed by atoms with Gasteiger partial charge in [-0.1, -0.05) is 30.3 Å². The molecule has 0 bridgehead atoms. The van der Waals surface area contributed by atoms with E-state index in [-0.39, 0.29) is 11.4 Å². The fourth-order valence-electron chi connectivity index (χ4n) is 2.99. The Morgan fingerprint density at radius 2 is 1.88 bits per heavy atom. The van der Waals surface area contributed by atoms with Gasteiger partial charge in [-0.2, -0.15) is 0 Å². The highest BCUT2D eigenvalue weighted by atomic mass is 16.5. The van der Waals surface area contributed by atoms with Gasteiger partial charge in [0.05, 0.1) is 24.5 Å². The van der Waals surface area contributed by atoms with Gasteiger partial charge >= 0.3 is 0 Å². The number of carbonyl (C=O) groups excluding carboxylic acids is 1. The summed E-state index contributed by atoms with van der Waals surface area (Å²) in [4.78, 5) is 19.2. The molecule has 2 heterocycles. The molecule has 2 aromatic rings. The van der Waals surface area contributed by atoms with Crippen molar-refractivity contribution in [1.29, 1.82) is 0 Å². The number of carbonyl (C=O) groups is 1. The molecule has 0 radical (unpaired) electrons. The maximum Gasteiger partial charge on any atom is 0.252 e. The van der Waals surface area contributed by atoms with Crippen LogP contribution in [0, 0.1) is 0 Å². The van der Waals surface area contributed by atoms with Crippen LogP contribution in [0.4, 0.5) is 0 Å². The lowest BCUT2D eigenvalue weighted by Gasteiger charge is -2.40. The summed E-state index contributed by atoms with van der Waals surface area (Å²) in [5.41, 5.74) is 2.39. The van der Waals surface area contributed by atoms with Gasteiger partial charge in [0, 0.05) is 36.9 Å². The number of nitrogens with one attached hydrogen (secondary N) is 1. The SMILES string of the molecule is CC(C)(CNC(=O)c1ccc(-c2ccccc2)nc1)N1CCOCC1. The highest BCUT2D eigenvalue weighted by Gasteiger charge is 2.28. The molecule has 0 atom stereocenters. The molecule has 0 unspecified atom stereocenters. The van der Waals surface area contributed by atoms with Crippen LogP contribution in [-0.4, -0.2) is 54.2 Å². The second-order valence-electron chi connectivity index (χ2n) is 6.89. The molecule has 3 rings (SSSR count). The summed E-state index contributed by atoms with van der Waals surface area (Å²) in [6.07, 6.45) is 1.64. The van der Waals surface area contributed by atoms with Crippen molar-refractivity contribution in [3.05, 3.63) is 54.2 Å². The Labute approximate surface area is 149 Å². The van der Waals surface area contributed by atoms with Gasteiger partial charge in [-0.15, -0.1) is 0 Å². The van der Waals surface area contributed by atoms with E-state index in [0.29, 0.717) is 12.1 Å². The summed E-state index contributed by atoms with van der Waals surface area (Å²) in [7, 11) is 0. The van der Waals surface area contributed by atoms with Crippen molar-refractivity contribution >= 4 is 5.91 Å². The molecule has 5 nitrogen and oxygen atoms in total. The number of nitrogens with zero attached hydrogens (tertiary/aromatic N) is 2. The molecule has 0 aliphatic carbocycles. The summed E-state index contributed by atoms with van der Waals surface area (Å²) in [6.45, 7) is 8.19. The number of pyridine rings is 1. The van der Waals surface area contributed by atoms with Gasteiger partial charge in [0.2, 0.25) is 0 Å². The van der Waals surface area contributed by atoms with Gasteiger partial charge in [-0.25, -0.2) is 0 Å². The minimum atomic E-state index is -0.100. The molecule has 1 aromatic carbocycles. The lowest BCUT2D eigenvalue weighted by atomic mass is 10.0. The summed E-state index contributed by atoms with van der Waals surface area (Å²) in [6, 6.07) is 13.7. The number of hydrogen-bond acceptors (Lipinski definition) is 4. The van der Waals surface area contributed by atoms with Crippen molar-refractivity contribution in [2.45, 2.75) is 19.4 Å². The molecule has 0 spiro atoms. The van der Waals surface area contributed by atoms with E-state index in [4.69, 9.17) is 4.74 Å². The molecule has 5 heteroatoms. The van der Waals surface area contributed by atoms with E-state index in [1.165, 1.54) is 0 Å². The van der Waals surface area contributed by atoms with Gasteiger partial charge in [-0.05, 0) is 26.0 Å². The first-order valence-electron chi connectivity index (χ1n) is 8.69. The lowest BCUT2D eigenvalue weighted by molar-refractivity contribution is -0.00923. The average molecular weight is 339 g/mol. The van der Waals surface area contributed by atoms with Crippen LogP contribution in [0.1, 0.15) is 24.2 Å². The van der Waals surface area contributed by atoms with Gasteiger partial charge in [0.1, 0.15) is 0 Å². The number of hydrogen-bond donors (Lipinski definition) is 1. The molecular weight excluding hydrogens is 314 g/mol. The highest BCUT2D eigenvalue weighted by molar-refractivity contribution is 5.94. The number of benzene rings is 1. The molecule has 25 heavy (non-hydrogen) atoms. The summed E-state index contributed by atoms with van der Waals surface area (Å²) in [5, 5.41) is 3.03. The van der Waals surface area contributed by atoms with E-state index in [0.717, 1.165) is 37.6 Å². The van der Waals surface area contributed by atoms with Crippen molar-refractivity contribution in [2.75, 3.05) is 32.8 Å². The Morgan fingerprint density at radius 1 is 1.16 bits per heavy atom. The first kappa shape index (κ1) is 17.6. The van der Waals surface area contributed by atoms with Crippen molar-refractivity contribution in [2.24, 2.45) is 0 Å². The zero-order valence-corrected chi connectivity index (χ0v) is 14.9. The second kappa shape index (κ2) is 7.76. The van der Waals surface area contributed by atoms with Gasteiger partial charge in [0.15, 0.2) is 0 Å². The fourth-order valence-corrected chi connectivity index (χ4v) is 2.99. The highest BCUT2D eigenvalue weighted by Crippen LogP contribution is 2.17. The number of aromatic nitrogens is 1. The molecular formula is C20H25N3O2. The van der Waals surface area contributed by atoms with Crippen LogP contribution in [0.5, 0.6) is 0 Å². The number of rotatable bonds is 5. The van der Waals surface area contributed by atoms with E-state index in [2.05, 4.69) is 29.0 Å². The summed E-state index contributed by atoms with van der Waals surface area (Å²) in [5.74, 6) is -0.0894. The number of ether oxygens (including phenoxy) is 1. The third-order valence-corrected chi connectivity index (χ3v) is 4.64. The zero-order chi connectivity index (χ0) is 17.7. The Balaban J connectivity index is 1.59. The molecule has 1 aromatic heterocycles. The molecule has 1 amide bonds. The summed E-state index contributed by atoms with van der Waals surface area (Å²) < 4.78 is 5.40. The average Bonchev–Trinajstić information content (AvgIpc) is 2.68. The molecule has 1 saturated heterocycles. The van der Waals surface area contributed by atoms with Crippen molar-refractivity contribution in [3.8, 4) is 11.3 Å². The fraction of sp³-hybridized carbons (Fsp3) is 0.400. The maximum absolute atomic E-state index is 12.4. The van der Waals surface area contributed by atoms with Crippen molar-refractivity contribution in [1.82, 2.24) is 15.2 Å². The Hall–Kier alpha value is -2.24. The van der Waals surface area contributed by atoms with Gasteiger partial charge in [-0.3, -0.25) is 14.7 Å². The quantitative estimate of drug-likeness (QED) is 0.910. The topological polar surface area (TPSA) is 54.5 Å². The molecule has 0 saturated carbocycles. The minimum Gasteiger partial charge on any atom is -0.379 e. The van der Waals surface area contributed by atoms with Crippen LogP contribution in [0.2, 0.25) is 0 Å². The third kappa shape index (κ3) is 4.44. The van der Waals surface area contributed by atoms with Gasteiger partial charge < -0.3 is 10.1 Å². The van der Waals surface area contributed by atoms with Crippen LogP contribution in [0.15, 0.2) is 48.7 Å².